The first-order chi connectivity index (χ1) is 9.40. The summed E-state index contributed by atoms with van der Waals surface area (Å²) in [5, 5.41) is 9.41. The van der Waals surface area contributed by atoms with Crippen LogP contribution in [0, 0.1) is 11.3 Å². The lowest BCUT2D eigenvalue weighted by Gasteiger charge is -2.26. The van der Waals surface area contributed by atoms with E-state index in [1.54, 1.807) is 6.26 Å². The Labute approximate surface area is 111 Å². The van der Waals surface area contributed by atoms with Gasteiger partial charge in [-0.25, -0.2) is 0 Å². The molecule has 1 aromatic carbocycles. The third kappa shape index (κ3) is 2.20. The molecule has 4 heteroatoms. The second kappa shape index (κ2) is 5.17. The van der Waals surface area contributed by atoms with Crippen molar-refractivity contribution in [2.45, 2.75) is 0 Å². The fourth-order valence-electron chi connectivity index (χ4n) is 2.29. The van der Waals surface area contributed by atoms with Crippen LogP contribution in [0.5, 0.6) is 0 Å². The summed E-state index contributed by atoms with van der Waals surface area (Å²) < 4.78 is 10.9. The molecule has 0 N–H and O–H groups in total. The molecule has 1 saturated heterocycles. The highest BCUT2D eigenvalue weighted by Crippen LogP contribution is 2.33. The number of benzene rings is 1. The van der Waals surface area contributed by atoms with Gasteiger partial charge in [0.05, 0.1) is 13.2 Å². The Morgan fingerprint density at radius 2 is 1.84 bits per heavy atom. The zero-order valence-corrected chi connectivity index (χ0v) is 10.5. The molecule has 96 valence electrons. The Morgan fingerprint density at radius 1 is 1.11 bits per heavy atom. The minimum atomic E-state index is 0.605. The summed E-state index contributed by atoms with van der Waals surface area (Å²) in [5.74, 6) is 0.657. The lowest BCUT2D eigenvalue weighted by molar-refractivity contribution is 0.120. The maximum absolute atomic E-state index is 9.41. The highest BCUT2D eigenvalue weighted by molar-refractivity contribution is 5.75. The number of anilines is 1. The van der Waals surface area contributed by atoms with Crippen LogP contribution in [0.3, 0.4) is 0 Å². The normalized spacial score (nSPS) is 15.2. The van der Waals surface area contributed by atoms with Crippen molar-refractivity contribution in [2.75, 3.05) is 31.2 Å². The quantitative estimate of drug-likeness (QED) is 0.826. The van der Waals surface area contributed by atoms with Gasteiger partial charge >= 0.3 is 0 Å². The average Bonchev–Trinajstić information content (AvgIpc) is 2.93. The van der Waals surface area contributed by atoms with Crippen molar-refractivity contribution in [3.05, 3.63) is 42.2 Å². The molecule has 0 saturated carbocycles. The van der Waals surface area contributed by atoms with Crippen molar-refractivity contribution in [3.8, 4) is 17.2 Å². The van der Waals surface area contributed by atoms with Gasteiger partial charge in [0, 0.05) is 18.7 Å². The maximum atomic E-state index is 9.41. The lowest BCUT2D eigenvalue weighted by Crippen LogP contribution is -2.36. The molecule has 1 aromatic heterocycles. The smallest absolute Gasteiger partial charge is 0.214 e. The SMILES string of the molecule is N#Cc1c(-c2ccccc2)coc1N1CCOCC1. The second-order valence-electron chi connectivity index (χ2n) is 4.41. The van der Waals surface area contributed by atoms with Crippen molar-refractivity contribution in [2.24, 2.45) is 0 Å². The summed E-state index contributed by atoms with van der Waals surface area (Å²) in [4.78, 5) is 2.06. The van der Waals surface area contributed by atoms with E-state index in [1.165, 1.54) is 0 Å². The van der Waals surface area contributed by atoms with Gasteiger partial charge in [0.15, 0.2) is 0 Å². The monoisotopic (exact) mass is 254 g/mol. The number of nitrogens with zero attached hydrogens (tertiary/aromatic N) is 2. The Morgan fingerprint density at radius 3 is 2.53 bits per heavy atom. The number of furan rings is 1. The topological polar surface area (TPSA) is 49.4 Å². The highest BCUT2D eigenvalue weighted by Gasteiger charge is 2.21. The van der Waals surface area contributed by atoms with Gasteiger partial charge in [-0.05, 0) is 5.56 Å². The zero-order chi connectivity index (χ0) is 13.1. The van der Waals surface area contributed by atoms with Crippen LogP contribution in [0.15, 0.2) is 41.0 Å². The minimum Gasteiger partial charge on any atom is -0.447 e. The Hall–Kier alpha value is -2.25. The molecule has 0 spiro atoms. The van der Waals surface area contributed by atoms with Gasteiger partial charge in [0.2, 0.25) is 5.88 Å². The van der Waals surface area contributed by atoms with Gasteiger partial charge in [-0.15, -0.1) is 0 Å². The van der Waals surface area contributed by atoms with Crippen LogP contribution in [-0.4, -0.2) is 26.3 Å². The van der Waals surface area contributed by atoms with E-state index in [9.17, 15) is 5.26 Å². The van der Waals surface area contributed by atoms with Crippen LogP contribution in [0.25, 0.3) is 11.1 Å². The van der Waals surface area contributed by atoms with Crippen molar-refractivity contribution in [1.29, 1.82) is 5.26 Å². The molecule has 3 rings (SSSR count). The molecule has 19 heavy (non-hydrogen) atoms. The van der Waals surface area contributed by atoms with Crippen LogP contribution in [-0.2, 0) is 4.74 Å². The van der Waals surface area contributed by atoms with Crippen LogP contribution in [0.4, 0.5) is 5.88 Å². The fraction of sp³-hybridized carbons (Fsp3) is 0.267. The maximum Gasteiger partial charge on any atom is 0.214 e. The third-order valence-electron chi connectivity index (χ3n) is 3.27. The van der Waals surface area contributed by atoms with E-state index in [2.05, 4.69) is 11.0 Å². The Balaban J connectivity index is 2.00. The van der Waals surface area contributed by atoms with Crippen LogP contribution in [0.2, 0.25) is 0 Å². The van der Waals surface area contributed by atoms with Crippen molar-refractivity contribution in [3.63, 3.8) is 0 Å². The van der Waals surface area contributed by atoms with E-state index < -0.39 is 0 Å². The number of hydrogen-bond acceptors (Lipinski definition) is 4. The Kier molecular flexibility index (Phi) is 3.21. The molecule has 0 amide bonds. The van der Waals surface area contributed by atoms with Gasteiger partial charge in [0.1, 0.15) is 17.9 Å². The Bertz CT molecular complexity index is 592. The largest absolute Gasteiger partial charge is 0.447 e. The molecule has 1 aliphatic heterocycles. The van der Waals surface area contributed by atoms with E-state index in [0.717, 1.165) is 24.2 Å². The summed E-state index contributed by atoms with van der Waals surface area (Å²) >= 11 is 0. The van der Waals surface area contributed by atoms with Crippen molar-refractivity contribution >= 4 is 5.88 Å². The van der Waals surface area contributed by atoms with E-state index in [0.29, 0.717) is 24.7 Å². The first-order valence-electron chi connectivity index (χ1n) is 6.30. The zero-order valence-electron chi connectivity index (χ0n) is 10.5. The molecule has 0 radical (unpaired) electrons. The van der Waals surface area contributed by atoms with Gasteiger partial charge in [-0.3, -0.25) is 0 Å². The van der Waals surface area contributed by atoms with E-state index in [4.69, 9.17) is 9.15 Å². The van der Waals surface area contributed by atoms with Gasteiger partial charge in [0.25, 0.3) is 0 Å². The molecule has 0 bridgehead atoms. The molecular weight excluding hydrogens is 240 g/mol. The molecule has 0 unspecified atom stereocenters. The predicted molar refractivity (Wildman–Crippen MR) is 71.9 cm³/mol. The minimum absolute atomic E-state index is 0.605. The number of nitriles is 1. The predicted octanol–water partition coefficient (Wildman–Crippen LogP) is 2.65. The van der Waals surface area contributed by atoms with E-state index in [1.807, 2.05) is 30.3 Å². The van der Waals surface area contributed by atoms with E-state index >= 15 is 0 Å². The van der Waals surface area contributed by atoms with Crippen LogP contribution >= 0.6 is 0 Å². The standard InChI is InChI=1S/C15H14N2O2/c16-10-13-14(12-4-2-1-3-5-12)11-19-15(13)17-6-8-18-9-7-17/h1-5,11H,6-9H2. The molecule has 1 fully saturated rings. The summed E-state index contributed by atoms with van der Waals surface area (Å²) in [6, 6.07) is 12.1. The number of hydrogen-bond donors (Lipinski definition) is 0. The summed E-state index contributed by atoms with van der Waals surface area (Å²) in [6.07, 6.45) is 1.67. The molecule has 0 atom stereocenters. The lowest BCUT2D eigenvalue weighted by atomic mass is 10.0. The van der Waals surface area contributed by atoms with Gasteiger partial charge < -0.3 is 14.1 Å². The van der Waals surface area contributed by atoms with E-state index in [-0.39, 0.29) is 0 Å². The van der Waals surface area contributed by atoms with Gasteiger partial charge in [-0.1, -0.05) is 30.3 Å². The number of rotatable bonds is 2. The molecule has 2 heterocycles. The molecule has 4 nitrogen and oxygen atoms in total. The summed E-state index contributed by atoms with van der Waals surface area (Å²) in [6.45, 7) is 2.87. The van der Waals surface area contributed by atoms with Crippen LogP contribution < -0.4 is 4.90 Å². The summed E-state index contributed by atoms with van der Waals surface area (Å²) in [7, 11) is 0. The highest BCUT2D eigenvalue weighted by atomic mass is 16.5. The average molecular weight is 254 g/mol. The molecule has 2 aromatic rings. The third-order valence-corrected chi connectivity index (χ3v) is 3.27. The number of ether oxygens (including phenoxy) is 1. The van der Waals surface area contributed by atoms with Crippen LogP contribution in [0.1, 0.15) is 5.56 Å². The summed E-state index contributed by atoms with van der Waals surface area (Å²) in [5.41, 5.74) is 2.46. The first kappa shape index (κ1) is 11.8. The molecular formula is C15H14N2O2. The van der Waals surface area contributed by atoms with Gasteiger partial charge in [-0.2, -0.15) is 5.26 Å². The molecule has 0 aliphatic carbocycles. The molecule has 1 aliphatic rings. The van der Waals surface area contributed by atoms with Crippen molar-refractivity contribution in [1.82, 2.24) is 0 Å². The number of morpholine rings is 1. The first-order valence-corrected chi connectivity index (χ1v) is 6.30. The van der Waals surface area contributed by atoms with Crippen molar-refractivity contribution < 1.29 is 9.15 Å². The fourth-order valence-corrected chi connectivity index (χ4v) is 2.29. The second-order valence-corrected chi connectivity index (χ2v) is 4.41.